The molecular weight excluding hydrogens is 381 g/mol. The Balaban J connectivity index is 1.26. The molecule has 5 heteroatoms. The number of halogens is 1. The Morgan fingerprint density at radius 2 is 1.77 bits per heavy atom. The van der Waals surface area contributed by atoms with Crippen molar-refractivity contribution in [2.24, 2.45) is 5.92 Å². The second-order valence-electron chi connectivity index (χ2n) is 9.77. The molecule has 0 atom stereocenters. The molecule has 1 saturated heterocycles. The zero-order chi connectivity index (χ0) is 21.0. The van der Waals surface area contributed by atoms with Crippen LogP contribution in [0, 0.1) is 11.7 Å². The number of rotatable bonds is 6. The lowest BCUT2D eigenvalue weighted by Gasteiger charge is -2.38. The molecule has 0 spiro atoms. The van der Waals surface area contributed by atoms with Gasteiger partial charge in [0.2, 0.25) is 0 Å². The number of hydrogen-bond donors (Lipinski definition) is 0. The van der Waals surface area contributed by atoms with E-state index >= 15 is 0 Å². The number of nitrogens with zero attached hydrogens (tertiary/aromatic N) is 1. The molecule has 0 amide bonds. The number of carbonyl (C=O) groups excluding carboxylic acids is 1. The van der Waals surface area contributed by atoms with Crippen LogP contribution in [0.1, 0.15) is 87.9 Å². The van der Waals surface area contributed by atoms with Crippen LogP contribution in [0.25, 0.3) is 0 Å². The summed E-state index contributed by atoms with van der Waals surface area (Å²) in [6.45, 7) is 4.97. The highest BCUT2D eigenvalue weighted by molar-refractivity contribution is 5.89. The Kier molecular flexibility index (Phi) is 6.97. The van der Waals surface area contributed by atoms with E-state index in [-0.39, 0.29) is 17.3 Å². The lowest BCUT2D eigenvalue weighted by Crippen LogP contribution is -2.41. The fraction of sp³-hybridized carbons (Fsp3) is 0.720. The molecule has 3 aliphatic rings. The molecule has 0 radical (unpaired) electrons. The van der Waals surface area contributed by atoms with Crippen molar-refractivity contribution in [2.75, 3.05) is 19.7 Å². The fourth-order valence-electron chi connectivity index (χ4n) is 5.44. The van der Waals surface area contributed by atoms with Gasteiger partial charge >= 0.3 is 5.97 Å². The summed E-state index contributed by atoms with van der Waals surface area (Å²) in [6.07, 6.45) is 12.7. The number of piperidine rings is 1. The first kappa shape index (κ1) is 21.6. The van der Waals surface area contributed by atoms with Crippen LogP contribution in [0.3, 0.4) is 0 Å². The van der Waals surface area contributed by atoms with Crippen LogP contribution in [0.4, 0.5) is 4.39 Å². The maximum atomic E-state index is 14.2. The van der Waals surface area contributed by atoms with Crippen LogP contribution in [0.2, 0.25) is 0 Å². The van der Waals surface area contributed by atoms with Crippen molar-refractivity contribution in [1.29, 1.82) is 0 Å². The van der Waals surface area contributed by atoms with E-state index in [1.165, 1.54) is 63.4 Å². The Morgan fingerprint density at radius 3 is 2.47 bits per heavy atom. The summed E-state index contributed by atoms with van der Waals surface area (Å²) in [5.41, 5.74) is 0.0334. The summed E-state index contributed by atoms with van der Waals surface area (Å²) >= 11 is 0. The molecule has 4 nitrogen and oxygen atoms in total. The summed E-state index contributed by atoms with van der Waals surface area (Å²) in [6, 6.07) is 5.03. The first-order chi connectivity index (χ1) is 14.5. The Labute approximate surface area is 180 Å². The summed E-state index contributed by atoms with van der Waals surface area (Å²) in [4.78, 5) is 15.2. The average Bonchev–Trinajstić information content (AvgIpc) is 3.20. The van der Waals surface area contributed by atoms with Gasteiger partial charge < -0.3 is 14.4 Å². The van der Waals surface area contributed by atoms with Crippen molar-refractivity contribution in [3.05, 3.63) is 29.6 Å². The zero-order valence-electron chi connectivity index (χ0n) is 18.3. The minimum Gasteiger partial charge on any atom is -0.484 e. The standard InChI is InChI=1S/C25H36FNO3/c1-25(13-3-4-14-25)30-23-17-20(9-12-22(23)26)24(28)29-18-19-7-10-21(11-8-19)27-15-5-2-6-16-27/h9,12,17,19,21H,2-8,10-11,13-16,18H2,1H3. The highest BCUT2D eigenvalue weighted by atomic mass is 19.1. The molecule has 1 aliphatic heterocycles. The maximum absolute atomic E-state index is 14.2. The lowest BCUT2D eigenvalue weighted by atomic mass is 9.85. The number of hydrogen-bond acceptors (Lipinski definition) is 4. The van der Waals surface area contributed by atoms with Crippen LogP contribution in [0.5, 0.6) is 5.75 Å². The predicted octanol–water partition coefficient (Wildman–Crippen LogP) is 5.74. The third-order valence-electron chi connectivity index (χ3n) is 7.36. The molecule has 4 rings (SSSR count). The number of ether oxygens (including phenoxy) is 2. The average molecular weight is 418 g/mol. The van der Waals surface area contributed by atoms with Gasteiger partial charge in [-0.15, -0.1) is 0 Å². The van der Waals surface area contributed by atoms with Gasteiger partial charge in [-0.3, -0.25) is 0 Å². The highest BCUT2D eigenvalue weighted by Gasteiger charge is 2.32. The van der Waals surface area contributed by atoms with E-state index in [0.29, 0.717) is 24.1 Å². The molecule has 2 saturated carbocycles. The Hall–Kier alpha value is -1.62. The molecule has 1 heterocycles. The van der Waals surface area contributed by atoms with Gasteiger partial charge in [-0.25, -0.2) is 9.18 Å². The normalized spacial score (nSPS) is 27.0. The molecule has 1 aromatic rings. The van der Waals surface area contributed by atoms with Gasteiger partial charge in [0.05, 0.1) is 12.2 Å². The van der Waals surface area contributed by atoms with Gasteiger partial charge in [0, 0.05) is 6.04 Å². The third kappa shape index (κ3) is 5.35. The molecule has 1 aromatic carbocycles. The van der Waals surface area contributed by atoms with Gasteiger partial charge in [0.25, 0.3) is 0 Å². The molecule has 2 aliphatic carbocycles. The van der Waals surface area contributed by atoms with E-state index in [9.17, 15) is 9.18 Å². The van der Waals surface area contributed by atoms with E-state index in [4.69, 9.17) is 9.47 Å². The van der Waals surface area contributed by atoms with Gasteiger partial charge in [-0.05, 0) is 108 Å². The fourth-order valence-corrected chi connectivity index (χ4v) is 5.44. The molecule has 0 aromatic heterocycles. The Morgan fingerprint density at radius 1 is 1.07 bits per heavy atom. The molecule has 30 heavy (non-hydrogen) atoms. The molecule has 0 N–H and O–H groups in total. The first-order valence-corrected chi connectivity index (χ1v) is 11.9. The summed E-state index contributed by atoms with van der Waals surface area (Å²) in [5, 5.41) is 0. The minimum absolute atomic E-state index is 0.163. The number of likely N-dealkylation sites (tertiary alicyclic amines) is 1. The summed E-state index contributed by atoms with van der Waals surface area (Å²) in [5.74, 6) is -0.204. The second kappa shape index (κ2) is 9.67. The largest absolute Gasteiger partial charge is 0.484 e. The molecule has 0 unspecified atom stereocenters. The van der Waals surface area contributed by atoms with Crippen LogP contribution < -0.4 is 4.74 Å². The topological polar surface area (TPSA) is 38.8 Å². The molecular formula is C25H36FNO3. The SMILES string of the molecule is CC1(Oc2cc(C(=O)OCC3CCC(N4CCCCC4)CC3)ccc2F)CCCC1. The van der Waals surface area contributed by atoms with Crippen molar-refractivity contribution < 1.29 is 18.7 Å². The van der Waals surface area contributed by atoms with Crippen LogP contribution in [0.15, 0.2) is 18.2 Å². The van der Waals surface area contributed by atoms with Gasteiger partial charge in [0.15, 0.2) is 11.6 Å². The monoisotopic (exact) mass is 417 g/mol. The minimum atomic E-state index is -0.421. The van der Waals surface area contributed by atoms with Crippen molar-refractivity contribution in [3.63, 3.8) is 0 Å². The summed E-state index contributed by atoms with van der Waals surface area (Å²) in [7, 11) is 0. The van der Waals surface area contributed by atoms with Crippen molar-refractivity contribution in [2.45, 2.75) is 89.2 Å². The van der Waals surface area contributed by atoms with Crippen LogP contribution in [-0.4, -0.2) is 42.2 Å². The molecule has 3 fully saturated rings. The second-order valence-corrected chi connectivity index (χ2v) is 9.77. The number of carbonyl (C=O) groups is 1. The molecule has 0 bridgehead atoms. The van der Waals surface area contributed by atoms with Gasteiger partial charge in [-0.1, -0.05) is 6.42 Å². The number of esters is 1. The van der Waals surface area contributed by atoms with Crippen LogP contribution >= 0.6 is 0 Å². The van der Waals surface area contributed by atoms with Gasteiger partial charge in [0.1, 0.15) is 5.60 Å². The molecule has 166 valence electrons. The number of benzene rings is 1. The highest BCUT2D eigenvalue weighted by Crippen LogP contribution is 2.35. The van der Waals surface area contributed by atoms with Crippen molar-refractivity contribution in [1.82, 2.24) is 4.90 Å². The van der Waals surface area contributed by atoms with E-state index in [2.05, 4.69) is 4.90 Å². The van der Waals surface area contributed by atoms with Crippen LogP contribution in [-0.2, 0) is 4.74 Å². The quantitative estimate of drug-likeness (QED) is 0.554. The first-order valence-electron chi connectivity index (χ1n) is 11.9. The lowest BCUT2D eigenvalue weighted by molar-refractivity contribution is 0.0356. The third-order valence-corrected chi connectivity index (χ3v) is 7.36. The zero-order valence-corrected chi connectivity index (χ0v) is 18.3. The van der Waals surface area contributed by atoms with Crippen molar-refractivity contribution >= 4 is 5.97 Å². The summed E-state index contributed by atoms with van der Waals surface area (Å²) < 4.78 is 25.8. The van der Waals surface area contributed by atoms with E-state index in [1.807, 2.05) is 6.92 Å². The Bertz CT molecular complexity index is 717. The smallest absolute Gasteiger partial charge is 0.338 e. The predicted molar refractivity (Wildman–Crippen MR) is 115 cm³/mol. The van der Waals surface area contributed by atoms with E-state index in [0.717, 1.165) is 38.5 Å². The van der Waals surface area contributed by atoms with E-state index < -0.39 is 5.82 Å². The van der Waals surface area contributed by atoms with E-state index in [1.54, 1.807) is 0 Å². The van der Waals surface area contributed by atoms with Gasteiger partial charge in [-0.2, -0.15) is 0 Å². The maximum Gasteiger partial charge on any atom is 0.338 e. The van der Waals surface area contributed by atoms with Crippen molar-refractivity contribution in [3.8, 4) is 5.75 Å².